The second-order valence-corrected chi connectivity index (χ2v) is 9.54. The van der Waals surface area contributed by atoms with E-state index in [4.69, 9.17) is 27.6 Å². The number of benzene rings is 3. The van der Waals surface area contributed by atoms with Crippen molar-refractivity contribution in [3.63, 3.8) is 0 Å². The zero-order valence-corrected chi connectivity index (χ0v) is 20.9. The van der Waals surface area contributed by atoms with Crippen LogP contribution in [0.2, 0.25) is 10.0 Å². The average Bonchev–Trinajstić information content (AvgIpc) is 2.91. The zero-order valence-electron chi connectivity index (χ0n) is 19.4. The molecular formula is C29H23Cl2N3O2. The van der Waals surface area contributed by atoms with Crippen molar-refractivity contribution in [3.8, 4) is 17.4 Å². The Bertz CT molecular complexity index is 1440. The van der Waals surface area contributed by atoms with Crippen molar-refractivity contribution in [2.75, 3.05) is 31.1 Å². The van der Waals surface area contributed by atoms with Gasteiger partial charge in [0.25, 0.3) is 0 Å². The molecule has 1 aromatic heterocycles. The summed E-state index contributed by atoms with van der Waals surface area (Å²) < 4.78 is 5.47. The van der Waals surface area contributed by atoms with Gasteiger partial charge in [0.2, 0.25) is 0 Å². The highest BCUT2D eigenvalue weighted by atomic mass is 35.5. The van der Waals surface area contributed by atoms with E-state index in [0.29, 0.717) is 34.6 Å². The molecule has 36 heavy (non-hydrogen) atoms. The number of hydrogen-bond donors (Lipinski definition) is 0. The van der Waals surface area contributed by atoms with Crippen molar-refractivity contribution in [3.05, 3.63) is 122 Å². The molecule has 5 rings (SSSR count). The number of nitrogens with zero attached hydrogens (tertiary/aromatic N) is 3. The first-order valence-corrected chi connectivity index (χ1v) is 12.4. The summed E-state index contributed by atoms with van der Waals surface area (Å²) in [6.45, 7) is 2.83. The van der Waals surface area contributed by atoms with Gasteiger partial charge in [0.05, 0.1) is 11.7 Å². The van der Waals surface area contributed by atoms with Gasteiger partial charge in [-0.15, -0.1) is 0 Å². The summed E-state index contributed by atoms with van der Waals surface area (Å²) in [6.07, 6.45) is 0. The number of nitriles is 1. The largest absolute Gasteiger partial charge is 0.422 e. The van der Waals surface area contributed by atoms with Crippen molar-refractivity contribution < 1.29 is 4.42 Å². The Morgan fingerprint density at radius 2 is 1.39 bits per heavy atom. The third-order valence-corrected chi connectivity index (χ3v) is 7.00. The van der Waals surface area contributed by atoms with Crippen molar-refractivity contribution in [2.24, 2.45) is 0 Å². The molecule has 7 heteroatoms. The predicted molar refractivity (Wildman–Crippen MR) is 144 cm³/mol. The summed E-state index contributed by atoms with van der Waals surface area (Å²) in [6, 6.07) is 29.4. The minimum Gasteiger partial charge on any atom is -0.422 e. The first-order chi connectivity index (χ1) is 17.5. The van der Waals surface area contributed by atoms with Gasteiger partial charge < -0.3 is 9.32 Å². The van der Waals surface area contributed by atoms with Crippen molar-refractivity contribution in [1.29, 1.82) is 5.26 Å². The normalized spacial score (nSPS) is 14.9. The topological polar surface area (TPSA) is 60.5 Å². The van der Waals surface area contributed by atoms with E-state index in [0.717, 1.165) is 18.7 Å². The van der Waals surface area contributed by atoms with Gasteiger partial charge >= 0.3 is 5.63 Å². The molecule has 0 bridgehead atoms. The summed E-state index contributed by atoms with van der Waals surface area (Å²) >= 11 is 12.2. The van der Waals surface area contributed by atoms with E-state index >= 15 is 0 Å². The van der Waals surface area contributed by atoms with Gasteiger partial charge in [-0.25, -0.2) is 4.79 Å². The monoisotopic (exact) mass is 515 g/mol. The second kappa shape index (κ2) is 10.6. The van der Waals surface area contributed by atoms with Crippen molar-refractivity contribution >= 4 is 28.9 Å². The highest BCUT2D eigenvalue weighted by Crippen LogP contribution is 2.32. The van der Waals surface area contributed by atoms with Crippen LogP contribution in [0.3, 0.4) is 0 Å². The van der Waals surface area contributed by atoms with E-state index in [1.807, 2.05) is 24.3 Å². The number of rotatable bonds is 5. The van der Waals surface area contributed by atoms with Crippen LogP contribution in [0.4, 0.5) is 5.69 Å². The van der Waals surface area contributed by atoms with Crippen LogP contribution in [0.5, 0.6) is 0 Å². The van der Waals surface area contributed by atoms with Crippen LogP contribution in [0.15, 0.2) is 94.1 Å². The van der Waals surface area contributed by atoms with Gasteiger partial charge in [-0.05, 0) is 47.5 Å². The van der Waals surface area contributed by atoms with Crippen LogP contribution in [0, 0.1) is 11.3 Å². The molecule has 1 unspecified atom stereocenters. The highest BCUT2D eigenvalue weighted by Gasteiger charge is 2.28. The lowest BCUT2D eigenvalue weighted by molar-refractivity contribution is 0.212. The number of piperazine rings is 1. The fraction of sp³-hybridized carbons (Fsp3) is 0.172. The Morgan fingerprint density at radius 1 is 0.806 bits per heavy atom. The Labute approximate surface area is 219 Å². The fourth-order valence-corrected chi connectivity index (χ4v) is 4.96. The van der Waals surface area contributed by atoms with E-state index in [9.17, 15) is 10.1 Å². The molecule has 1 fully saturated rings. The van der Waals surface area contributed by atoms with Crippen LogP contribution >= 0.6 is 23.2 Å². The summed E-state index contributed by atoms with van der Waals surface area (Å²) in [5, 5.41) is 11.0. The molecule has 3 aromatic carbocycles. The fourth-order valence-electron chi connectivity index (χ4n) is 4.71. The average molecular weight is 516 g/mol. The quantitative estimate of drug-likeness (QED) is 0.307. The molecule has 0 N–H and O–H groups in total. The Hall–Kier alpha value is -3.56. The molecule has 0 amide bonds. The molecule has 0 spiro atoms. The lowest BCUT2D eigenvalue weighted by Crippen LogP contribution is -2.48. The standard InChI is InChI=1S/C29H23Cl2N3O2/c30-23-10-6-20(7-11-23)27-18-26(25(19-32)29(35)36-27)33-14-16-34(17-15-33)28(21-4-2-1-3-5-21)22-8-12-24(31)13-9-22/h1-13,18,28H,14-17H2. The Balaban J connectivity index is 1.43. The van der Waals surface area contributed by atoms with Gasteiger partial charge in [-0.1, -0.05) is 65.7 Å². The van der Waals surface area contributed by atoms with Gasteiger partial charge in [0.15, 0.2) is 5.56 Å². The van der Waals surface area contributed by atoms with Crippen LogP contribution in [0.1, 0.15) is 22.7 Å². The molecule has 5 nitrogen and oxygen atoms in total. The number of halogens is 2. The molecule has 1 aliphatic heterocycles. The van der Waals surface area contributed by atoms with Gasteiger partial charge in [-0.2, -0.15) is 5.26 Å². The summed E-state index contributed by atoms with van der Waals surface area (Å²) in [5.41, 5.74) is 3.09. The minimum atomic E-state index is -0.634. The lowest BCUT2D eigenvalue weighted by atomic mass is 9.96. The summed E-state index contributed by atoms with van der Waals surface area (Å²) in [7, 11) is 0. The molecule has 1 saturated heterocycles. The van der Waals surface area contributed by atoms with Gasteiger partial charge in [0, 0.05) is 47.9 Å². The highest BCUT2D eigenvalue weighted by molar-refractivity contribution is 6.30. The molecule has 0 radical (unpaired) electrons. The molecular weight excluding hydrogens is 493 g/mol. The maximum Gasteiger partial charge on any atom is 0.356 e. The predicted octanol–water partition coefficient (Wildman–Crippen LogP) is 6.40. The van der Waals surface area contributed by atoms with Crippen molar-refractivity contribution in [1.82, 2.24) is 4.90 Å². The van der Waals surface area contributed by atoms with Crippen molar-refractivity contribution in [2.45, 2.75) is 6.04 Å². The number of anilines is 1. The van der Waals surface area contributed by atoms with E-state index in [-0.39, 0.29) is 11.6 Å². The van der Waals surface area contributed by atoms with Gasteiger partial charge in [0.1, 0.15) is 11.8 Å². The maximum absolute atomic E-state index is 12.7. The molecule has 2 heterocycles. The van der Waals surface area contributed by atoms with Crippen LogP contribution in [0.25, 0.3) is 11.3 Å². The van der Waals surface area contributed by atoms with Crippen LogP contribution < -0.4 is 10.5 Å². The molecule has 1 aliphatic rings. The molecule has 4 aromatic rings. The first-order valence-electron chi connectivity index (χ1n) is 11.7. The number of hydrogen-bond acceptors (Lipinski definition) is 5. The minimum absolute atomic E-state index is 0.0264. The Kier molecular flexibility index (Phi) is 7.11. The first kappa shape index (κ1) is 24.1. The van der Waals surface area contributed by atoms with E-state index in [1.165, 1.54) is 11.1 Å². The van der Waals surface area contributed by atoms with Crippen LogP contribution in [-0.4, -0.2) is 31.1 Å². The third-order valence-electron chi connectivity index (χ3n) is 6.49. The van der Waals surface area contributed by atoms with E-state index in [1.54, 1.807) is 30.3 Å². The maximum atomic E-state index is 12.7. The van der Waals surface area contributed by atoms with Gasteiger partial charge in [-0.3, -0.25) is 4.90 Å². The third kappa shape index (κ3) is 5.03. The Morgan fingerprint density at radius 3 is 2.00 bits per heavy atom. The molecule has 0 saturated carbocycles. The SMILES string of the molecule is N#Cc1c(N2CCN(C(c3ccccc3)c3ccc(Cl)cc3)CC2)cc(-c2ccc(Cl)cc2)oc1=O. The molecule has 180 valence electrons. The lowest BCUT2D eigenvalue weighted by Gasteiger charge is -2.40. The van der Waals surface area contributed by atoms with E-state index < -0.39 is 5.63 Å². The smallest absolute Gasteiger partial charge is 0.356 e. The second-order valence-electron chi connectivity index (χ2n) is 8.66. The van der Waals surface area contributed by atoms with Crippen LogP contribution in [-0.2, 0) is 0 Å². The van der Waals surface area contributed by atoms with E-state index in [2.05, 4.69) is 46.2 Å². The molecule has 1 atom stereocenters. The summed E-state index contributed by atoms with van der Waals surface area (Å²) in [4.78, 5) is 17.2. The molecule has 0 aliphatic carbocycles. The summed E-state index contributed by atoms with van der Waals surface area (Å²) in [5.74, 6) is 0.413. The zero-order chi connectivity index (χ0) is 25.1.